The highest BCUT2D eigenvalue weighted by Crippen LogP contribution is 2.61. The summed E-state index contributed by atoms with van der Waals surface area (Å²) in [5.74, 6) is -2.49. The van der Waals surface area contributed by atoms with E-state index in [9.17, 15) is 19.5 Å². The van der Waals surface area contributed by atoms with Crippen molar-refractivity contribution in [2.45, 2.75) is 51.4 Å². The number of allylic oxidation sites excluding steroid dienone is 1. The van der Waals surface area contributed by atoms with Gasteiger partial charge in [-0.2, -0.15) is 0 Å². The third-order valence-corrected chi connectivity index (χ3v) is 6.87. The summed E-state index contributed by atoms with van der Waals surface area (Å²) in [5, 5.41) is 11.1. The fraction of sp³-hybridized carbons (Fsp3) is 0.370. The number of esters is 1. The standard InChI is InChI=1S/C27H29NO5/c1-4-11-19-16-22(30)23(25(31)33-5-2)24(18-12-7-6-8-13-18)27(19)20-14-9-10-15-21(20)28(17(3)29)26(27)32/h6-10,12-15,19,24,30H,4-5,11,16H2,1-3H3. The topological polar surface area (TPSA) is 83.9 Å². The Labute approximate surface area is 193 Å². The fourth-order valence-corrected chi connectivity index (χ4v) is 5.75. The molecule has 1 spiro atoms. The fourth-order valence-electron chi connectivity index (χ4n) is 5.75. The van der Waals surface area contributed by atoms with E-state index in [1.54, 1.807) is 19.1 Å². The normalized spacial score (nSPS) is 24.2. The van der Waals surface area contributed by atoms with Crippen LogP contribution in [0.3, 0.4) is 0 Å². The third kappa shape index (κ3) is 3.36. The van der Waals surface area contributed by atoms with Gasteiger partial charge in [0.15, 0.2) is 0 Å². The van der Waals surface area contributed by atoms with Gasteiger partial charge in [-0.1, -0.05) is 61.9 Å². The molecule has 0 fully saturated rings. The molecule has 1 N–H and O–H groups in total. The Hall–Kier alpha value is -3.41. The molecular weight excluding hydrogens is 418 g/mol. The van der Waals surface area contributed by atoms with Crippen molar-refractivity contribution in [2.24, 2.45) is 5.92 Å². The van der Waals surface area contributed by atoms with Gasteiger partial charge in [0, 0.05) is 19.3 Å². The molecule has 6 heteroatoms. The number of carbonyl (C=O) groups is 3. The van der Waals surface area contributed by atoms with Gasteiger partial charge in [-0.15, -0.1) is 0 Å². The van der Waals surface area contributed by atoms with E-state index in [0.29, 0.717) is 17.7 Å². The number of aliphatic hydroxyl groups excluding tert-OH is 1. The summed E-state index contributed by atoms with van der Waals surface area (Å²) in [6, 6.07) is 16.6. The smallest absolute Gasteiger partial charge is 0.338 e. The molecule has 172 valence electrons. The Kier molecular flexibility index (Phi) is 6.11. The summed E-state index contributed by atoms with van der Waals surface area (Å²) < 4.78 is 5.35. The van der Waals surface area contributed by atoms with Crippen molar-refractivity contribution in [3.05, 3.63) is 77.1 Å². The van der Waals surface area contributed by atoms with Crippen LogP contribution in [0.5, 0.6) is 0 Å². The van der Waals surface area contributed by atoms with Crippen LogP contribution >= 0.6 is 0 Å². The minimum Gasteiger partial charge on any atom is -0.512 e. The van der Waals surface area contributed by atoms with Crippen LogP contribution in [0.25, 0.3) is 0 Å². The summed E-state index contributed by atoms with van der Waals surface area (Å²) in [6.45, 7) is 5.26. The molecule has 0 aromatic heterocycles. The second-order valence-corrected chi connectivity index (χ2v) is 8.66. The molecule has 6 nitrogen and oxygen atoms in total. The summed E-state index contributed by atoms with van der Waals surface area (Å²) in [4.78, 5) is 41.5. The molecular formula is C27H29NO5. The third-order valence-electron chi connectivity index (χ3n) is 6.87. The number of fused-ring (bicyclic) bond motifs is 2. The van der Waals surface area contributed by atoms with Crippen molar-refractivity contribution in [1.29, 1.82) is 0 Å². The van der Waals surface area contributed by atoms with Crippen molar-refractivity contribution in [2.75, 3.05) is 11.5 Å². The monoisotopic (exact) mass is 447 g/mol. The number of para-hydroxylation sites is 1. The molecule has 2 aromatic carbocycles. The van der Waals surface area contributed by atoms with Crippen LogP contribution in [0.2, 0.25) is 0 Å². The first kappa shape index (κ1) is 22.8. The molecule has 0 saturated carbocycles. The van der Waals surface area contributed by atoms with Crippen molar-refractivity contribution in [3.8, 4) is 0 Å². The number of rotatable bonds is 5. The molecule has 0 bridgehead atoms. The van der Waals surface area contributed by atoms with Gasteiger partial charge in [-0.3, -0.25) is 9.59 Å². The van der Waals surface area contributed by atoms with E-state index < -0.39 is 17.3 Å². The summed E-state index contributed by atoms with van der Waals surface area (Å²) >= 11 is 0. The zero-order valence-corrected chi connectivity index (χ0v) is 19.2. The lowest BCUT2D eigenvalue weighted by atomic mass is 9.54. The summed E-state index contributed by atoms with van der Waals surface area (Å²) in [7, 11) is 0. The van der Waals surface area contributed by atoms with Gasteiger partial charge < -0.3 is 9.84 Å². The minimum atomic E-state index is -1.21. The Morgan fingerprint density at radius 1 is 1.09 bits per heavy atom. The molecule has 0 radical (unpaired) electrons. The van der Waals surface area contributed by atoms with Crippen molar-refractivity contribution < 1.29 is 24.2 Å². The molecule has 1 aliphatic heterocycles. The van der Waals surface area contributed by atoms with E-state index in [1.165, 1.54) is 11.8 Å². The van der Waals surface area contributed by atoms with Crippen LogP contribution in [0.1, 0.15) is 57.1 Å². The van der Waals surface area contributed by atoms with E-state index in [0.717, 1.165) is 12.0 Å². The minimum absolute atomic E-state index is 0.0436. The molecule has 1 heterocycles. The van der Waals surface area contributed by atoms with Crippen LogP contribution in [0.4, 0.5) is 5.69 Å². The maximum absolute atomic E-state index is 14.3. The van der Waals surface area contributed by atoms with Crippen LogP contribution in [0.15, 0.2) is 65.9 Å². The van der Waals surface area contributed by atoms with Gasteiger partial charge in [0.05, 0.1) is 23.3 Å². The molecule has 1 aliphatic carbocycles. The van der Waals surface area contributed by atoms with Crippen molar-refractivity contribution in [3.63, 3.8) is 0 Å². The molecule has 3 atom stereocenters. The number of amides is 2. The number of anilines is 1. The number of aliphatic hydroxyl groups is 1. The van der Waals surface area contributed by atoms with E-state index in [2.05, 4.69) is 0 Å². The number of hydrogen-bond donors (Lipinski definition) is 1. The average Bonchev–Trinajstić information content (AvgIpc) is 3.05. The Morgan fingerprint density at radius 3 is 2.39 bits per heavy atom. The molecule has 2 aromatic rings. The molecule has 0 saturated heterocycles. The number of hydrogen-bond acceptors (Lipinski definition) is 5. The second kappa shape index (κ2) is 8.85. The molecule has 3 unspecified atom stereocenters. The maximum atomic E-state index is 14.3. The highest BCUT2D eigenvalue weighted by atomic mass is 16.5. The van der Waals surface area contributed by atoms with Gasteiger partial charge in [-0.05, 0) is 36.5 Å². The quantitative estimate of drug-likeness (QED) is 0.666. The second-order valence-electron chi connectivity index (χ2n) is 8.66. The molecule has 4 rings (SSSR count). The molecule has 2 amide bonds. The van der Waals surface area contributed by atoms with E-state index in [1.807, 2.05) is 49.4 Å². The lowest BCUT2D eigenvalue weighted by molar-refractivity contribution is -0.140. The van der Waals surface area contributed by atoms with Gasteiger partial charge in [0.1, 0.15) is 5.76 Å². The van der Waals surface area contributed by atoms with Crippen molar-refractivity contribution >= 4 is 23.5 Å². The number of ether oxygens (including phenoxy) is 1. The maximum Gasteiger partial charge on any atom is 0.338 e. The first-order valence-corrected chi connectivity index (χ1v) is 11.5. The molecule has 2 aliphatic rings. The number of nitrogens with zero attached hydrogens (tertiary/aromatic N) is 1. The Balaban J connectivity index is 2.10. The SMILES string of the molecule is CCCC1CC(O)=C(C(=O)OCC)C(c2ccccc2)C12C(=O)N(C(C)=O)c1ccccc12. The summed E-state index contributed by atoms with van der Waals surface area (Å²) in [5.41, 5.74) is 0.868. The molecule has 33 heavy (non-hydrogen) atoms. The predicted octanol–water partition coefficient (Wildman–Crippen LogP) is 4.80. The zero-order chi connectivity index (χ0) is 23.8. The first-order chi connectivity index (χ1) is 15.9. The highest BCUT2D eigenvalue weighted by molar-refractivity contribution is 6.23. The average molecular weight is 448 g/mol. The number of carbonyl (C=O) groups excluding carboxylic acids is 3. The largest absolute Gasteiger partial charge is 0.512 e. The van der Waals surface area contributed by atoms with Crippen LogP contribution < -0.4 is 4.90 Å². The summed E-state index contributed by atoms with van der Waals surface area (Å²) in [6.07, 6.45) is 1.60. The van der Waals surface area contributed by atoms with Crippen LogP contribution in [0, 0.1) is 5.92 Å². The number of imide groups is 1. The van der Waals surface area contributed by atoms with Crippen LogP contribution in [-0.2, 0) is 24.5 Å². The number of benzene rings is 2. The van der Waals surface area contributed by atoms with E-state index in [4.69, 9.17) is 4.74 Å². The lowest BCUT2D eigenvalue weighted by Gasteiger charge is -2.46. The van der Waals surface area contributed by atoms with Gasteiger partial charge in [-0.25, -0.2) is 9.69 Å². The van der Waals surface area contributed by atoms with E-state index in [-0.39, 0.29) is 42.1 Å². The Bertz CT molecular complexity index is 1120. The van der Waals surface area contributed by atoms with Crippen LogP contribution in [-0.4, -0.2) is 29.5 Å². The Morgan fingerprint density at radius 2 is 1.76 bits per heavy atom. The van der Waals surface area contributed by atoms with Crippen molar-refractivity contribution in [1.82, 2.24) is 0 Å². The lowest BCUT2D eigenvalue weighted by Crippen LogP contribution is -2.54. The first-order valence-electron chi connectivity index (χ1n) is 11.5. The van der Waals surface area contributed by atoms with Gasteiger partial charge in [0.2, 0.25) is 11.8 Å². The van der Waals surface area contributed by atoms with E-state index >= 15 is 0 Å². The highest BCUT2D eigenvalue weighted by Gasteiger charge is 2.64. The zero-order valence-electron chi connectivity index (χ0n) is 19.2. The predicted molar refractivity (Wildman–Crippen MR) is 125 cm³/mol. The van der Waals surface area contributed by atoms with Gasteiger partial charge in [0.25, 0.3) is 0 Å². The van der Waals surface area contributed by atoms with Gasteiger partial charge >= 0.3 is 5.97 Å².